The molecule has 0 aromatic heterocycles. The topological polar surface area (TPSA) is 58.9 Å². The van der Waals surface area contributed by atoms with Crippen LogP contribution in [0.4, 0.5) is 0 Å². The summed E-state index contributed by atoms with van der Waals surface area (Å²) in [5.41, 5.74) is 0. The van der Waals surface area contributed by atoms with E-state index in [1.807, 2.05) is 0 Å². The van der Waals surface area contributed by atoms with Crippen LogP contribution in [-0.2, 0) is 9.62 Å². The molecule has 0 aromatic rings. The molecule has 0 aliphatic carbocycles. The Morgan fingerprint density at radius 2 is 0.897 bits per heavy atom. The largest absolute Gasteiger partial charge is 0.393 e. The molecule has 0 radical (unpaired) electrons. The molecule has 0 aliphatic rings. The lowest BCUT2D eigenvalue weighted by molar-refractivity contribution is -0.293. The second-order valence-corrected chi connectivity index (χ2v) is 8.70. The Hall–Kier alpha value is -0.160. The van der Waals surface area contributed by atoms with E-state index in [-0.39, 0.29) is 13.2 Å². The quantitative estimate of drug-likeness (QED) is 0.0910. The van der Waals surface area contributed by atoms with Gasteiger partial charge in [0.1, 0.15) is 6.10 Å². The van der Waals surface area contributed by atoms with Crippen molar-refractivity contribution in [3.8, 4) is 0 Å². The van der Waals surface area contributed by atoms with Crippen LogP contribution >= 0.6 is 0 Å². The monoisotopic (exact) mass is 416 g/mol. The highest BCUT2D eigenvalue weighted by molar-refractivity contribution is 4.52. The zero-order valence-electron chi connectivity index (χ0n) is 19.6. The zero-order valence-corrected chi connectivity index (χ0v) is 19.6. The summed E-state index contributed by atoms with van der Waals surface area (Å²) >= 11 is 0. The van der Waals surface area contributed by atoms with Gasteiger partial charge in [-0.3, -0.25) is 5.26 Å². The number of ether oxygens (including phenoxy) is 1. The Morgan fingerprint density at radius 3 is 1.21 bits per heavy atom. The first-order valence-electron chi connectivity index (χ1n) is 12.8. The van der Waals surface area contributed by atoms with Crippen LogP contribution in [0.2, 0.25) is 0 Å². The van der Waals surface area contributed by atoms with Crippen molar-refractivity contribution < 1.29 is 20.0 Å². The summed E-state index contributed by atoms with van der Waals surface area (Å²) in [5, 5.41) is 17.3. The summed E-state index contributed by atoms with van der Waals surface area (Å²) in [4.78, 5) is 4.07. The molecule has 4 heteroatoms. The minimum atomic E-state index is -0.611. The van der Waals surface area contributed by atoms with Gasteiger partial charge in [-0.05, 0) is 6.42 Å². The molecular weight excluding hydrogens is 364 g/mol. The van der Waals surface area contributed by atoms with Crippen LogP contribution in [0, 0.1) is 0 Å². The first-order valence-corrected chi connectivity index (χ1v) is 12.8. The lowest BCUT2D eigenvalue weighted by Gasteiger charge is -2.10. The molecule has 0 fully saturated rings. The smallest absolute Gasteiger partial charge is 0.139 e. The van der Waals surface area contributed by atoms with Crippen molar-refractivity contribution in [3.63, 3.8) is 0 Å². The fraction of sp³-hybridized carbons (Fsp3) is 1.00. The summed E-state index contributed by atoms with van der Waals surface area (Å²) in [6.45, 7) is 3.01. The van der Waals surface area contributed by atoms with Crippen LogP contribution in [0.3, 0.4) is 0 Å². The summed E-state index contributed by atoms with van der Waals surface area (Å²) in [7, 11) is 0. The third kappa shape index (κ3) is 24.0. The van der Waals surface area contributed by atoms with E-state index in [1.165, 1.54) is 122 Å². The third-order valence-corrected chi connectivity index (χ3v) is 5.80. The number of aliphatic hydroxyl groups excluding tert-OH is 1. The molecule has 4 nitrogen and oxygen atoms in total. The molecule has 0 unspecified atom stereocenters. The molecule has 2 N–H and O–H groups in total. The van der Waals surface area contributed by atoms with Crippen molar-refractivity contribution >= 4 is 0 Å². The summed E-state index contributed by atoms with van der Waals surface area (Å²) in [5.74, 6) is 0. The van der Waals surface area contributed by atoms with Crippen molar-refractivity contribution in [1.29, 1.82) is 0 Å². The maximum atomic E-state index is 8.83. The summed E-state index contributed by atoms with van der Waals surface area (Å²) in [6.07, 6.45) is 27.1. The van der Waals surface area contributed by atoms with Gasteiger partial charge in [0.25, 0.3) is 0 Å². The van der Waals surface area contributed by atoms with Crippen LogP contribution < -0.4 is 0 Å². The van der Waals surface area contributed by atoms with E-state index in [1.54, 1.807) is 0 Å². The second kappa shape index (κ2) is 25.9. The Kier molecular flexibility index (Phi) is 25.7. The molecule has 0 saturated heterocycles. The highest BCUT2D eigenvalue weighted by Crippen LogP contribution is 2.14. The second-order valence-electron chi connectivity index (χ2n) is 8.70. The van der Waals surface area contributed by atoms with Gasteiger partial charge in [0.05, 0.1) is 13.2 Å². The molecule has 0 aliphatic heterocycles. The summed E-state index contributed by atoms with van der Waals surface area (Å²) < 4.78 is 5.37. The highest BCUT2D eigenvalue weighted by atomic mass is 17.1. The highest BCUT2D eigenvalue weighted by Gasteiger charge is 2.06. The van der Waals surface area contributed by atoms with E-state index in [4.69, 9.17) is 15.1 Å². The zero-order chi connectivity index (χ0) is 21.3. The molecule has 0 aromatic carbocycles. The van der Waals surface area contributed by atoms with Gasteiger partial charge in [-0.15, -0.1) is 0 Å². The minimum absolute atomic E-state index is 0.213. The maximum absolute atomic E-state index is 8.83. The average molecular weight is 417 g/mol. The molecule has 0 saturated carbocycles. The Balaban J connectivity index is 3.03. The number of aliphatic hydroxyl groups is 1. The first kappa shape index (κ1) is 28.8. The van der Waals surface area contributed by atoms with E-state index in [0.29, 0.717) is 6.61 Å². The number of rotatable bonds is 25. The maximum Gasteiger partial charge on any atom is 0.139 e. The third-order valence-electron chi connectivity index (χ3n) is 5.80. The molecule has 0 rings (SSSR count). The molecule has 0 spiro atoms. The number of unbranched alkanes of at least 4 members (excludes halogenated alkanes) is 19. The van der Waals surface area contributed by atoms with Crippen LogP contribution in [0.1, 0.15) is 135 Å². The van der Waals surface area contributed by atoms with Crippen LogP contribution in [0.15, 0.2) is 0 Å². The standard InChI is InChI=1S/C25H52O4/c1-2-3-4-5-6-7-8-9-10-11-12-13-14-15-16-17-18-19-20-21-22-28-24-25(23-26)29-27/h25-27H,2-24H2,1H3/t25-/m0/s1. The normalized spacial score (nSPS) is 12.5. The SMILES string of the molecule is CCCCCCCCCCCCCCCCCCCCCCOC[C@H](CO)OO. The lowest BCUT2D eigenvalue weighted by Crippen LogP contribution is -2.22. The van der Waals surface area contributed by atoms with Gasteiger partial charge in [0.2, 0.25) is 0 Å². The van der Waals surface area contributed by atoms with Crippen LogP contribution in [-0.4, -0.2) is 36.3 Å². The van der Waals surface area contributed by atoms with Gasteiger partial charge in [0.15, 0.2) is 0 Å². The van der Waals surface area contributed by atoms with E-state index >= 15 is 0 Å². The predicted octanol–water partition coefficient (Wildman–Crippen LogP) is 7.68. The van der Waals surface area contributed by atoms with Gasteiger partial charge >= 0.3 is 0 Å². The molecule has 0 heterocycles. The van der Waals surface area contributed by atoms with Crippen molar-refractivity contribution in [2.45, 2.75) is 141 Å². The predicted molar refractivity (Wildman–Crippen MR) is 123 cm³/mol. The summed E-state index contributed by atoms with van der Waals surface area (Å²) in [6, 6.07) is 0. The van der Waals surface area contributed by atoms with Crippen LogP contribution in [0.5, 0.6) is 0 Å². The van der Waals surface area contributed by atoms with E-state index < -0.39 is 6.10 Å². The molecule has 0 bridgehead atoms. The van der Waals surface area contributed by atoms with Gasteiger partial charge < -0.3 is 9.84 Å². The van der Waals surface area contributed by atoms with Gasteiger partial charge in [0, 0.05) is 6.61 Å². The molecule has 0 amide bonds. The Bertz CT molecular complexity index is 282. The molecule has 29 heavy (non-hydrogen) atoms. The van der Waals surface area contributed by atoms with Crippen molar-refractivity contribution in [2.24, 2.45) is 0 Å². The minimum Gasteiger partial charge on any atom is -0.393 e. The first-order chi connectivity index (χ1) is 14.3. The molecule has 1 atom stereocenters. The van der Waals surface area contributed by atoms with E-state index in [9.17, 15) is 0 Å². The van der Waals surface area contributed by atoms with Crippen LogP contribution in [0.25, 0.3) is 0 Å². The number of hydrogen-bond acceptors (Lipinski definition) is 4. The fourth-order valence-corrected chi connectivity index (χ4v) is 3.79. The van der Waals surface area contributed by atoms with Crippen molar-refractivity contribution in [3.05, 3.63) is 0 Å². The van der Waals surface area contributed by atoms with Gasteiger partial charge in [-0.2, -0.15) is 0 Å². The van der Waals surface area contributed by atoms with Gasteiger partial charge in [-0.1, -0.05) is 129 Å². The molecule has 176 valence electrons. The number of hydrogen-bond donors (Lipinski definition) is 2. The van der Waals surface area contributed by atoms with E-state index in [2.05, 4.69) is 11.8 Å². The Morgan fingerprint density at radius 1 is 0.552 bits per heavy atom. The van der Waals surface area contributed by atoms with Crippen molar-refractivity contribution in [1.82, 2.24) is 0 Å². The fourth-order valence-electron chi connectivity index (χ4n) is 3.79. The Labute approximate surface area is 181 Å². The average Bonchev–Trinajstić information content (AvgIpc) is 2.74. The van der Waals surface area contributed by atoms with Gasteiger partial charge in [-0.25, -0.2) is 4.89 Å². The lowest BCUT2D eigenvalue weighted by atomic mass is 10.0. The molecular formula is C25H52O4. The van der Waals surface area contributed by atoms with E-state index in [0.717, 1.165) is 6.42 Å². The van der Waals surface area contributed by atoms with Crippen molar-refractivity contribution in [2.75, 3.05) is 19.8 Å².